The van der Waals surface area contributed by atoms with E-state index in [0.717, 1.165) is 12.0 Å². The summed E-state index contributed by atoms with van der Waals surface area (Å²) in [6, 6.07) is 8.93. The van der Waals surface area contributed by atoms with Crippen molar-refractivity contribution in [3.8, 4) is 0 Å². The number of rotatable bonds is 7. The number of esters is 1. The molecule has 1 aromatic carbocycles. The lowest BCUT2D eigenvalue weighted by Gasteiger charge is -2.27. The number of carbonyl (C=O) groups is 3. The van der Waals surface area contributed by atoms with Gasteiger partial charge < -0.3 is 9.47 Å². The maximum atomic E-state index is 13.3. The fraction of sp³-hybridized carbons (Fsp3) is 0.609. The van der Waals surface area contributed by atoms with Crippen LogP contribution >= 0.6 is 0 Å². The molecule has 1 aliphatic rings. The molecule has 0 aromatic heterocycles. The molecule has 1 saturated heterocycles. The molecule has 4 atom stereocenters. The molecule has 1 fully saturated rings. The fourth-order valence-electron chi connectivity index (χ4n) is 3.55. The van der Waals surface area contributed by atoms with E-state index in [-0.39, 0.29) is 18.2 Å². The molecule has 0 saturated carbocycles. The smallest absolute Gasteiger partial charge is 0.417 e. The normalized spacial score (nSPS) is 21.4. The van der Waals surface area contributed by atoms with Crippen LogP contribution in [0.3, 0.4) is 0 Å². The van der Waals surface area contributed by atoms with Gasteiger partial charge in [0.2, 0.25) is 5.91 Å². The van der Waals surface area contributed by atoms with Gasteiger partial charge in [-0.25, -0.2) is 9.69 Å². The number of hydrogen-bond donors (Lipinski definition) is 0. The summed E-state index contributed by atoms with van der Waals surface area (Å²) in [6.45, 7) is 11.3. The summed E-state index contributed by atoms with van der Waals surface area (Å²) in [5.74, 6) is -1.18. The maximum Gasteiger partial charge on any atom is 0.417 e. The van der Waals surface area contributed by atoms with Gasteiger partial charge in [-0.05, 0) is 45.6 Å². The highest BCUT2D eigenvalue weighted by molar-refractivity contribution is 5.96. The van der Waals surface area contributed by atoms with Crippen molar-refractivity contribution >= 4 is 18.0 Å². The predicted octanol–water partition coefficient (Wildman–Crippen LogP) is 4.88. The molecule has 6 nitrogen and oxygen atoms in total. The van der Waals surface area contributed by atoms with E-state index in [1.165, 1.54) is 4.90 Å². The lowest BCUT2D eigenvalue weighted by Crippen LogP contribution is -2.43. The first kappa shape index (κ1) is 22.9. The molecule has 160 valence electrons. The van der Waals surface area contributed by atoms with Gasteiger partial charge in [0, 0.05) is 5.92 Å². The third-order valence-electron chi connectivity index (χ3n) is 5.20. The van der Waals surface area contributed by atoms with Gasteiger partial charge in [-0.15, -0.1) is 0 Å². The minimum atomic E-state index is -0.658. The van der Waals surface area contributed by atoms with Crippen molar-refractivity contribution in [1.82, 2.24) is 4.90 Å². The van der Waals surface area contributed by atoms with Gasteiger partial charge in [0.15, 0.2) is 0 Å². The summed E-state index contributed by atoms with van der Waals surface area (Å²) >= 11 is 0. The molecule has 1 heterocycles. The number of benzene rings is 1. The number of cyclic esters (lactones) is 1. The van der Waals surface area contributed by atoms with Crippen LogP contribution < -0.4 is 0 Å². The van der Waals surface area contributed by atoms with E-state index in [2.05, 4.69) is 0 Å². The Labute approximate surface area is 173 Å². The number of imide groups is 1. The monoisotopic (exact) mass is 403 g/mol. The standard InChI is InChI=1S/C23H33NO5/c1-7-15(2)13-18(14-19(25)29-23(4,5)6)21(26)24-16(3)20(28-22(24)27)17-11-9-8-10-12-17/h8-12,15-16,18,20H,7,13-14H2,1-6H3/t15-,16+,18-,20+/m0/s1. The van der Waals surface area contributed by atoms with E-state index in [4.69, 9.17) is 9.47 Å². The van der Waals surface area contributed by atoms with Gasteiger partial charge in [-0.1, -0.05) is 50.6 Å². The van der Waals surface area contributed by atoms with Crippen LogP contribution in [0.25, 0.3) is 0 Å². The van der Waals surface area contributed by atoms with Gasteiger partial charge in [-0.3, -0.25) is 9.59 Å². The van der Waals surface area contributed by atoms with Crippen LogP contribution in [0.2, 0.25) is 0 Å². The van der Waals surface area contributed by atoms with Gasteiger partial charge in [-0.2, -0.15) is 0 Å². The second-order valence-electron chi connectivity index (χ2n) is 8.90. The molecule has 2 amide bonds. The summed E-state index contributed by atoms with van der Waals surface area (Å²) < 4.78 is 10.9. The van der Waals surface area contributed by atoms with E-state index in [1.54, 1.807) is 27.7 Å². The lowest BCUT2D eigenvalue weighted by atomic mass is 9.90. The van der Waals surface area contributed by atoms with Crippen molar-refractivity contribution in [2.24, 2.45) is 11.8 Å². The van der Waals surface area contributed by atoms with Crippen LogP contribution in [-0.4, -0.2) is 34.5 Å². The van der Waals surface area contributed by atoms with Crippen LogP contribution in [0, 0.1) is 11.8 Å². The summed E-state index contributed by atoms with van der Waals surface area (Å²) in [4.78, 5) is 39.4. The Morgan fingerprint density at radius 1 is 1.21 bits per heavy atom. The van der Waals surface area contributed by atoms with Crippen molar-refractivity contribution in [1.29, 1.82) is 0 Å². The average molecular weight is 404 g/mol. The molecule has 0 radical (unpaired) electrons. The summed E-state index contributed by atoms with van der Waals surface area (Å²) in [5.41, 5.74) is 0.216. The van der Waals surface area contributed by atoms with Crippen molar-refractivity contribution in [3.05, 3.63) is 35.9 Å². The summed E-state index contributed by atoms with van der Waals surface area (Å²) in [6.07, 6.45) is 0.173. The molecule has 0 aliphatic carbocycles. The van der Waals surface area contributed by atoms with Crippen molar-refractivity contribution < 1.29 is 23.9 Å². The quantitative estimate of drug-likeness (QED) is 0.607. The zero-order valence-corrected chi connectivity index (χ0v) is 18.3. The number of hydrogen-bond acceptors (Lipinski definition) is 5. The SMILES string of the molecule is CC[C@H](C)C[C@@H](CC(=O)OC(C)(C)C)C(=O)N1C(=O)O[C@@H](c2ccccc2)[C@H]1C. The second-order valence-corrected chi connectivity index (χ2v) is 8.90. The molecule has 1 aliphatic heterocycles. The highest BCUT2D eigenvalue weighted by Gasteiger charge is 2.45. The van der Waals surface area contributed by atoms with Crippen LogP contribution in [0.15, 0.2) is 30.3 Å². The number of ether oxygens (including phenoxy) is 2. The van der Waals surface area contributed by atoms with E-state index >= 15 is 0 Å². The third-order valence-corrected chi connectivity index (χ3v) is 5.20. The van der Waals surface area contributed by atoms with Gasteiger partial charge in [0.05, 0.1) is 12.5 Å². The lowest BCUT2D eigenvalue weighted by molar-refractivity contribution is -0.158. The van der Waals surface area contributed by atoms with E-state index in [0.29, 0.717) is 6.42 Å². The summed E-state index contributed by atoms with van der Waals surface area (Å²) in [7, 11) is 0. The van der Waals surface area contributed by atoms with Crippen LogP contribution in [0.4, 0.5) is 4.79 Å². The van der Waals surface area contributed by atoms with E-state index < -0.39 is 35.7 Å². The van der Waals surface area contributed by atoms with Crippen molar-refractivity contribution in [2.75, 3.05) is 0 Å². The summed E-state index contributed by atoms with van der Waals surface area (Å²) in [5, 5.41) is 0. The topological polar surface area (TPSA) is 72.9 Å². The van der Waals surface area contributed by atoms with Gasteiger partial charge in [0.25, 0.3) is 0 Å². The van der Waals surface area contributed by atoms with Crippen LogP contribution in [0.1, 0.15) is 72.5 Å². The Hall–Kier alpha value is -2.37. The minimum Gasteiger partial charge on any atom is -0.460 e. The molecule has 1 aromatic rings. The molecule has 0 bridgehead atoms. The molecule has 0 N–H and O–H groups in total. The Morgan fingerprint density at radius 2 is 1.83 bits per heavy atom. The Bertz CT molecular complexity index is 725. The first-order chi connectivity index (χ1) is 13.5. The van der Waals surface area contributed by atoms with Crippen molar-refractivity contribution in [3.63, 3.8) is 0 Å². The molecular weight excluding hydrogens is 370 g/mol. The molecule has 6 heteroatoms. The maximum absolute atomic E-state index is 13.3. The largest absolute Gasteiger partial charge is 0.460 e. The highest BCUT2D eigenvalue weighted by atomic mass is 16.6. The van der Waals surface area contributed by atoms with E-state index in [9.17, 15) is 14.4 Å². The third kappa shape index (κ3) is 6.05. The Kier molecular flexibility index (Phi) is 7.44. The molecular formula is C23H33NO5. The minimum absolute atomic E-state index is 0.0487. The first-order valence-electron chi connectivity index (χ1n) is 10.3. The van der Waals surface area contributed by atoms with E-state index in [1.807, 2.05) is 44.2 Å². The number of amides is 2. The number of carbonyl (C=O) groups excluding carboxylic acids is 3. The molecule has 0 unspecified atom stereocenters. The predicted molar refractivity (Wildman–Crippen MR) is 110 cm³/mol. The Morgan fingerprint density at radius 3 is 2.38 bits per heavy atom. The first-order valence-corrected chi connectivity index (χ1v) is 10.3. The molecule has 2 rings (SSSR count). The fourth-order valence-corrected chi connectivity index (χ4v) is 3.55. The van der Waals surface area contributed by atoms with Gasteiger partial charge >= 0.3 is 12.1 Å². The average Bonchev–Trinajstić information content (AvgIpc) is 2.94. The molecule has 0 spiro atoms. The second kappa shape index (κ2) is 9.42. The van der Waals surface area contributed by atoms with Gasteiger partial charge in [0.1, 0.15) is 11.7 Å². The number of nitrogens with zero attached hydrogens (tertiary/aromatic N) is 1. The Balaban J connectivity index is 2.20. The van der Waals surface area contributed by atoms with Crippen LogP contribution in [-0.2, 0) is 19.1 Å². The van der Waals surface area contributed by atoms with Crippen molar-refractivity contribution in [2.45, 2.75) is 78.6 Å². The zero-order valence-electron chi connectivity index (χ0n) is 18.3. The van der Waals surface area contributed by atoms with Crippen LogP contribution in [0.5, 0.6) is 0 Å². The highest BCUT2D eigenvalue weighted by Crippen LogP contribution is 2.34. The zero-order chi connectivity index (χ0) is 21.8. The molecule has 29 heavy (non-hydrogen) atoms.